The van der Waals surface area contributed by atoms with E-state index in [1.54, 1.807) is 6.92 Å². The maximum Gasteiger partial charge on any atom is 0.345 e. The average molecular weight is 334 g/mol. The van der Waals surface area contributed by atoms with Crippen LogP contribution >= 0.6 is 0 Å². The summed E-state index contributed by atoms with van der Waals surface area (Å²) in [7, 11) is 0. The number of morpholine rings is 1. The van der Waals surface area contributed by atoms with Crippen LogP contribution in [0.15, 0.2) is 6.33 Å². The molecule has 8 heteroatoms. The van der Waals surface area contributed by atoms with Crippen molar-refractivity contribution < 1.29 is 19.4 Å². The second kappa shape index (κ2) is 5.56. The summed E-state index contributed by atoms with van der Waals surface area (Å²) >= 11 is 0. The van der Waals surface area contributed by atoms with Crippen LogP contribution in [-0.2, 0) is 4.74 Å². The second-order valence-corrected chi connectivity index (χ2v) is 6.90. The molecule has 3 saturated carbocycles. The Labute approximate surface area is 140 Å². The van der Waals surface area contributed by atoms with E-state index in [-0.39, 0.29) is 22.5 Å². The standard InChI is InChI=1S/C16H22N4O4/c1-2-24-13-11(14(21)22)12(17-10-18-13)19-15-7-16(8-15,9-15)20-3-5-23-6-4-20/h10H,2-9H2,1H3,(H,21,22)(H,17,18,19). The molecule has 0 aromatic carbocycles. The van der Waals surface area contributed by atoms with Crippen LogP contribution in [0.25, 0.3) is 0 Å². The summed E-state index contributed by atoms with van der Waals surface area (Å²) < 4.78 is 10.8. The minimum Gasteiger partial charge on any atom is -0.477 e. The maximum absolute atomic E-state index is 11.6. The van der Waals surface area contributed by atoms with E-state index in [1.165, 1.54) is 6.33 Å². The molecule has 8 nitrogen and oxygen atoms in total. The van der Waals surface area contributed by atoms with E-state index in [2.05, 4.69) is 20.2 Å². The number of nitrogens with zero attached hydrogens (tertiary/aromatic N) is 3. The van der Waals surface area contributed by atoms with Crippen molar-refractivity contribution >= 4 is 11.8 Å². The Balaban J connectivity index is 1.48. The average Bonchev–Trinajstić information content (AvgIpc) is 2.50. The van der Waals surface area contributed by atoms with Crippen LogP contribution in [0.3, 0.4) is 0 Å². The maximum atomic E-state index is 11.6. The molecule has 2 N–H and O–H groups in total. The fraction of sp³-hybridized carbons (Fsp3) is 0.688. The summed E-state index contributed by atoms with van der Waals surface area (Å²) in [5, 5.41) is 12.9. The molecule has 0 amide bonds. The van der Waals surface area contributed by atoms with Crippen molar-refractivity contribution in [1.82, 2.24) is 14.9 Å². The molecule has 1 aromatic heterocycles. The molecular formula is C16H22N4O4. The lowest BCUT2D eigenvalue weighted by Gasteiger charge is -2.74. The van der Waals surface area contributed by atoms with Gasteiger partial charge in [-0.3, -0.25) is 4.90 Å². The van der Waals surface area contributed by atoms with Gasteiger partial charge in [0.2, 0.25) is 5.88 Å². The monoisotopic (exact) mass is 334 g/mol. The molecule has 1 aromatic rings. The van der Waals surface area contributed by atoms with Gasteiger partial charge in [0.1, 0.15) is 12.1 Å². The normalized spacial score (nSPS) is 31.7. The van der Waals surface area contributed by atoms with Crippen molar-refractivity contribution in [2.45, 2.75) is 37.3 Å². The number of anilines is 1. The van der Waals surface area contributed by atoms with Gasteiger partial charge in [-0.15, -0.1) is 0 Å². The molecule has 2 heterocycles. The molecule has 3 aliphatic carbocycles. The van der Waals surface area contributed by atoms with E-state index >= 15 is 0 Å². The van der Waals surface area contributed by atoms with Gasteiger partial charge in [-0.1, -0.05) is 0 Å². The topological polar surface area (TPSA) is 96.8 Å². The quantitative estimate of drug-likeness (QED) is 0.795. The molecule has 2 bridgehead atoms. The van der Waals surface area contributed by atoms with Crippen molar-refractivity contribution in [3.63, 3.8) is 0 Å². The number of aromatic carboxylic acids is 1. The minimum atomic E-state index is -1.07. The van der Waals surface area contributed by atoms with Gasteiger partial charge in [-0.25, -0.2) is 14.8 Å². The highest BCUT2D eigenvalue weighted by atomic mass is 16.5. The highest BCUT2D eigenvalue weighted by Crippen LogP contribution is 2.64. The van der Waals surface area contributed by atoms with Gasteiger partial charge in [0.05, 0.1) is 19.8 Å². The van der Waals surface area contributed by atoms with Crippen LogP contribution in [0.4, 0.5) is 5.82 Å². The van der Waals surface area contributed by atoms with Gasteiger partial charge in [0, 0.05) is 24.2 Å². The van der Waals surface area contributed by atoms with Crippen LogP contribution in [0, 0.1) is 0 Å². The molecule has 0 unspecified atom stereocenters. The first-order valence-corrected chi connectivity index (χ1v) is 8.40. The van der Waals surface area contributed by atoms with Crippen LogP contribution in [0.1, 0.15) is 36.5 Å². The number of hydrogen-bond donors (Lipinski definition) is 2. The van der Waals surface area contributed by atoms with Gasteiger partial charge in [-0.05, 0) is 26.2 Å². The Kier molecular flexibility index (Phi) is 3.61. The zero-order valence-electron chi connectivity index (χ0n) is 13.7. The molecule has 24 heavy (non-hydrogen) atoms. The van der Waals surface area contributed by atoms with E-state index < -0.39 is 5.97 Å². The summed E-state index contributed by atoms with van der Waals surface area (Å²) in [5.74, 6) is -0.593. The third-order valence-electron chi connectivity index (χ3n) is 5.38. The highest BCUT2D eigenvalue weighted by molar-refractivity contribution is 5.95. The van der Waals surface area contributed by atoms with E-state index in [9.17, 15) is 9.90 Å². The Morgan fingerprint density at radius 2 is 2.08 bits per heavy atom. The smallest absolute Gasteiger partial charge is 0.345 e. The molecular weight excluding hydrogens is 312 g/mol. The predicted molar refractivity (Wildman–Crippen MR) is 85.5 cm³/mol. The van der Waals surface area contributed by atoms with Crippen molar-refractivity contribution in [3.05, 3.63) is 11.9 Å². The van der Waals surface area contributed by atoms with Gasteiger partial charge in [0.15, 0.2) is 5.56 Å². The number of nitrogens with one attached hydrogen (secondary N) is 1. The number of carboxylic acids is 1. The first-order valence-electron chi connectivity index (χ1n) is 8.40. The number of aromatic nitrogens is 2. The number of rotatable bonds is 6. The number of hydrogen-bond acceptors (Lipinski definition) is 7. The number of ether oxygens (including phenoxy) is 2. The van der Waals surface area contributed by atoms with Crippen molar-refractivity contribution in [3.8, 4) is 5.88 Å². The molecule has 1 saturated heterocycles. The highest BCUT2D eigenvalue weighted by Gasteiger charge is 2.70. The summed E-state index contributed by atoms with van der Waals surface area (Å²) in [6.45, 7) is 5.73. The van der Waals surface area contributed by atoms with Crippen molar-refractivity contribution in [1.29, 1.82) is 0 Å². The zero-order valence-corrected chi connectivity index (χ0v) is 13.7. The van der Waals surface area contributed by atoms with Crippen molar-refractivity contribution in [2.75, 3.05) is 38.2 Å². The molecule has 5 rings (SSSR count). The van der Waals surface area contributed by atoms with E-state index in [1.807, 2.05) is 0 Å². The Bertz CT molecular complexity index is 640. The SMILES string of the molecule is CCOc1ncnc(NC23CC(N4CCOCC4)(C2)C3)c1C(=O)O. The molecule has 1 aliphatic heterocycles. The molecule has 130 valence electrons. The Morgan fingerprint density at radius 1 is 1.38 bits per heavy atom. The Morgan fingerprint density at radius 3 is 2.71 bits per heavy atom. The lowest BCUT2D eigenvalue weighted by atomic mass is 9.43. The summed E-state index contributed by atoms with van der Waals surface area (Å²) in [4.78, 5) is 22.2. The van der Waals surface area contributed by atoms with E-state index in [0.717, 1.165) is 45.6 Å². The summed E-state index contributed by atoms with van der Waals surface area (Å²) in [6, 6.07) is 0. The molecule has 4 aliphatic rings. The molecule has 0 radical (unpaired) electrons. The summed E-state index contributed by atoms with van der Waals surface area (Å²) in [5.41, 5.74) is 0.250. The van der Waals surface area contributed by atoms with E-state index in [4.69, 9.17) is 9.47 Å². The van der Waals surface area contributed by atoms with Crippen LogP contribution in [-0.4, -0.2) is 69.9 Å². The molecule has 0 atom stereocenters. The third-order valence-corrected chi connectivity index (χ3v) is 5.38. The zero-order chi connectivity index (χ0) is 16.8. The fourth-order valence-electron chi connectivity index (χ4n) is 4.39. The lowest BCUT2D eigenvalue weighted by Crippen LogP contribution is -2.82. The largest absolute Gasteiger partial charge is 0.477 e. The van der Waals surface area contributed by atoms with Crippen LogP contribution in [0.2, 0.25) is 0 Å². The Hall–Kier alpha value is -1.93. The number of carbonyl (C=O) groups is 1. The fourth-order valence-corrected chi connectivity index (χ4v) is 4.39. The molecule has 4 fully saturated rings. The van der Waals surface area contributed by atoms with E-state index in [0.29, 0.717) is 12.4 Å². The second-order valence-electron chi connectivity index (χ2n) is 6.90. The number of carboxylic acid groups (broad SMARTS) is 1. The first kappa shape index (κ1) is 15.6. The molecule has 0 spiro atoms. The van der Waals surface area contributed by atoms with Gasteiger partial charge >= 0.3 is 5.97 Å². The third kappa shape index (κ3) is 2.32. The minimum absolute atomic E-state index is 0.0181. The first-order chi connectivity index (χ1) is 11.6. The van der Waals surface area contributed by atoms with Gasteiger partial charge in [-0.2, -0.15) is 0 Å². The van der Waals surface area contributed by atoms with Gasteiger partial charge < -0.3 is 19.9 Å². The van der Waals surface area contributed by atoms with Crippen LogP contribution < -0.4 is 10.1 Å². The summed E-state index contributed by atoms with van der Waals surface area (Å²) in [6.07, 6.45) is 4.41. The van der Waals surface area contributed by atoms with Gasteiger partial charge in [0.25, 0.3) is 0 Å². The lowest BCUT2D eigenvalue weighted by molar-refractivity contribution is -0.172. The van der Waals surface area contributed by atoms with Crippen molar-refractivity contribution in [2.24, 2.45) is 0 Å². The van der Waals surface area contributed by atoms with Crippen LogP contribution in [0.5, 0.6) is 5.88 Å². The predicted octanol–water partition coefficient (Wildman–Crippen LogP) is 0.993.